The molecule has 0 saturated heterocycles. The highest BCUT2D eigenvalue weighted by atomic mass is 32.2. The van der Waals surface area contributed by atoms with Crippen LogP contribution in [0.5, 0.6) is 5.75 Å². The Bertz CT molecular complexity index is 1290. The van der Waals surface area contributed by atoms with Gasteiger partial charge in [-0.2, -0.15) is 26.3 Å². The Morgan fingerprint density at radius 3 is 2.32 bits per heavy atom. The average Bonchev–Trinajstić information content (AvgIpc) is 3.05. The van der Waals surface area contributed by atoms with E-state index in [1.807, 2.05) is 6.07 Å². The van der Waals surface area contributed by atoms with Gasteiger partial charge < -0.3 is 4.18 Å². The molecule has 2 bridgehead atoms. The second-order valence-corrected chi connectivity index (χ2v) is 11.5. The molecule has 1 saturated carbocycles. The maximum absolute atomic E-state index is 12.8. The summed E-state index contributed by atoms with van der Waals surface area (Å²) >= 11 is 0. The lowest BCUT2D eigenvalue weighted by Crippen LogP contribution is -2.47. The van der Waals surface area contributed by atoms with E-state index in [-0.39, 0.29) is 16.7 Å². The SMILES string of the molecule is O=S1(=O)N[C@@]2(c3ccccc31)[C@@H]1CC[C@H]2Cc2ccc(OS(=O)(=O)C(F)(F)F)cc2C1. The Morgan fingerprint density at radius 1 is 1.00 bits per heavy atom. The average molecular weight is 473 g/mol. The summed E-state index contributed by atoms with van der Waals surface area (Å²) in [5.41, 5.74) is -4.05. The van der Waals surface area contributed by atoms with Crippen molar-refractivity contribution < 1.29 is 34.2 Å². The highest BCUT2D eigenvalue weighted by Gasteiger charge is 2.59. The summed E-state index contributed by atoms with van der Waals surface area (Å²) in [4.78, 5) is 0.262. The van der Waals surface area contributed by atoms with Gasteiger partial charge in [0, 0.05) is 0 Å². The number of benzene rings is 2. The van der Waals surface area contributed by atoms with Gasteiger partial charge in [-0.05, 0) is 72.4 Å². The Labute approximate surface area is 177 Å². The minimum absolute atomic E-state index is 0.0251. The molecule has 0 amide bonds. The molecule has 1 spiro atoms. The molecule has 5 rings (SSSR count). The van der Waals surface area contributed by atoms with Gasteiger partial charge >= 0.3 is 15.6 Å². The Morgan fingerprint density at radius 2 is 1.65 bits per heavy atom. The largest absolute Gasteiger partial charge is 0.534 e. The van der Waals surface area contributed by atoms with E-state index >= 15 is 0 Å². The molecule has 11 heteroatoms. The van der Waals surface area contributed by atoms with Crippen LogP contribution in [-0.4, -0.2) is 22.3 Å². The van der Waals surface area contributed by atoms with Crippen LogP contribution in [0.15, 0.2) is 47.4 Å². The van der Waals surface area contributed by atoms with Crippen LogP contribution >= 0.6 is 0 Å². The summed E-state index contributed by atoms with van der Waals surface area (Å²) in [7, 11) is -9.44. The zero-order chi connectivity index (χ0) is 22.2. The van der Waals surface area contributed by atoms with E-state index in [2.05, 4.69) is 8.91 Å². The Kier molecular flexibility index (Phi) is 4.33. The third-order valence-corrected chi connectivity index (χ3v) is 9.20. The number of fused-ring (bicyclic) bond motifs is 2. The number of sulfonamides is 1. The van der Waals surface area contributed by atoms with Gasteiger partial charge in [-0.15, -0.1) is 0 Å². The first-order valence-corrected chi connectivity index (χ1v) is 12.6. The maximum Gasteiger partial charge on any atom is 0.534 e. The van der Waals surface area contributed by atoms with E-state index in [1.54, 1.807) is 24.3 Å². The van der Waals surface area contributed by atoms with Crippen LogP contribution in [0, 0.1) is 11.8 Å². The van der Waals surface area contributed by atoms with Crippen molar-refractivity contribution >= 4 is 20.1 Å². The van der Waals surface area contributed by atoms with Crippen molar-refractivity contribution in [2.45, 2.75) is 41.6 Å². The lowest BCUT2D eigenvalue weighted by Gasteiger charge is -2.35. The van der Waals surface area contributed by atoms with E-state index in [4.69, 9.17) is 0 Å². The van der Waals surface area contributed by atoms with Crippen molar-refractivity contribution in [3.8, 4) is 5.75 Å². The fourth-order valence-electron chi connectivity index (χ4n) is 5.45. The van der Waals surface area contributed by atoms with Gasteiger partial charge in [-0.1, -0.05) is 24.3 Å². The van der Waals surface area contributed by atoms with Crippen LogP contribution in [0.3, 0.4) is 0 Å². The van der Waals surface area contributed by atoms with E-state index in [9.17, 15) is 30.0 Å². The summed E-state index contributed by atoms with van der Waals surface area (Å²) in [6.07, 6.45) is 2.47. The first-order chi connectivity index (χ1) is 14.4. The van der Waals surface area contributed by atoms with Crippen LogP contribution in [0.2, 0.25) is 0 Å². The standard InChI is InChI=1S/C20H18F3NO5S2/c21-20(22,23)31(27,28)29-16-8-5-12-9-14-6-7-15(10-13(12)11-16)19(14)17-3-1-2-4-18(17)30(25,26)24-19/h1-5,8,11,14-15,24H,6-7,9-10H2/t14-,15+,19+/m0/s1. The number of rotatable bonds is 2. The van der Waals surface area contributed by atoms with E-state index in [0.29, 0.717) is 18.4 Å². The molecule has 1 aliphatic heterocycles. The van der Waals surface area contributed by atoms with Gasteiger partial charge in [0.1, 0.15) is 5.75 Å². The van der Waals surface area contributed by atoms with E-state index < -0.39 is 36.9 Å². The molecular formula is C20H18F3NO5S2. The van der Waals surface area contributed by atoms with Crippen molar-refractivity contribution in [1.82, 2.24) is 4.72 Å². The molecule has 1 N–H and O–H groups in total. The van der Waals surface area contributed by atoms with Gasteiger partial charge in [-0.25, -0.2) is 8.42 Å². The molecule has 0 aromatic heterocycles. The maximum atomic E-state index is 12.8. The van der Waals surface area contributed by atoms with Gasteiger partial charge in [0.2, 0.25) is 10.0 Å². The van der Waals surface area contributed by atoms with Crippen molar-refractivity contribution in [3.05, 3.63) is 59.2 Å². The van der Waals surface area contributed by atoms with Gasteiger partial charge in [-0.3, -0.25) is 0 Å². The van der Waals surface area contributed by atoms with Gasteiger partial charge in [0.05, 0.1) is 10.4 Å². The monoisotopic (exact) mass is 473 g/mol. The van der Waals surface area contributed by atoms with Crippen molar-refractivity contribution in [1.29, 1.82) is 0 Å². The molecule has 1 heterocycles. The van der Waals surface area contributed by atoms with Gasteiger partial charge in [0.15, 0.2) is 0 Å². The molecule has 6 nitrogen and oxygen atoms in total. The minimum atomic E-state index is -5.77. The third kappa shape index (κ3) is 3.00. The topological polar surface area (TPSA) is 89.5 Å². The van der Waals surface area contributed by atoms with Crippen LogP contribution in [-0.2, 0) is 38.5 Å². The number of hydrogen-bond donors (Lipinski definition) is 1. The summed E-state index contributed by atoms with van der Waals surface area (Å²) in [6, 6.07) is 11.0. The number of hydrogen-bond acceptors (Lipinski definition) is 5. The smallest absolute Gasteiger partial charge is 0.376 e. The van der Waals surface area contributed by atoms with Crippen LogP contribution in [0.4, 0.5) is 13.2 Å². The summed E-state index contributed by atoms with van der Waals surface area (Å²) in [5, 5.41) is 0. The summed E-state index contributed by atoms with van der Waals surface area (Å²) < 4.78 is 93.7. The highest BCUT2D eigenvalue weighted by molar-refractivity contribution is 7.90. The molecule has 0 radical (unpaired) electrons. The van der Waals surface area contributed by atoms with E-state index in [1.165, 1.54) is 12.1 Å². The molecule has 2 aromatic carbocycles. The minimum Gasteiger partial charge on any atom is -0.376 e. The van der Waals surface area contributed by atoms with Crippen LogP contribution < -0.4 is 8.91 Å². The molecular weight excluding hydrogens is 455 g/mol. The highest BCUT2D eigenvalue weighted by Crippen LogP contribution is 2.57. The molecule has 2 aromatic rings. The third-order valence-electron chi connectivity index (χ3n) is 6.68. The molecule has 1 fully saturated rings. The number of alkyl halides is 3. The summed E-state index contributed by atoms with van der Waals surface area (Å²) in [6.45, 7) is 0. The quantitative estimate of drug-likeness (QED) is 0.535. The second kappa shape index (κ2) is 6.46. The molecule has 3 aliphatic rings. The fraction of sp³-hybridized carbons (Fsp3) is 0.400. The number of halogens is 3. The Balaban J connectivity index is 1.55. The zero-order valence-electron chi connectivity index (χ0n) is 16.0. The zero-order valence-corrected chi connectivity index (χ0v) is 17.6. The van der Waals surface area contributed by atoms with Crippen molar-refractivity contribution in [2.75, 3.05) is 0 Å². The fourth-order valence-corrected chi connectivity index (χ4v) is 7.68. The first-order valence-electron chi connectivity index (χ1n) is 9.70. The van der Waals surface area contributed by atoms with Gasteiger partial charge in [0.25, 0.3) is 0 Å². The van der Waals surface area contributed by atoms with E-state index in [0.717, 1.165) is 24.0 Å². The molecule has 3 atom stereocenters. The Hall–Kier alpha value is -2.11. The van der Waals surface area contributed by atoms with Crippen molar-refractivity contribution in [2.24, 2.45) is 11.8 Å². The lowest BCUT2D eigenvalue weighted by atomic mass is 9.74. The lowest BCUT2D eigenvalue weighted by molar-refractivity contribution is -0.0500. The predicted octanol–water partition coefficient (Wildman–Crippen LogP) is 3.23. The van der Waals surface area contributed by atoms with Crippen molar-refractivity contribution in [3.63, 3.8) is 0 Å². The molecule has 0 unspecified atom stereocenters. The predicted molar refractivity (Wildman–Crippen MR) is 104 cm³/mol. The van der Waals surface area contributed by atoms with Crippen LogP contribution in [0.25, 0.3) is 0 Å². The molecule has 31 heavy (non-hydrogen) atoms. The normalized spacial score (nSPS) is 28.7. The molecule has 2 aliphatic carbocycles. The summed E-state index contributed by atoms with van der Waals surface area (Å²) in [5.74, 6) is -0.551. The molecule has 166 valence electrons. The van der Waals surface area contributed by atoms with Crippen LogP contribution in [0.1, 0.15) is 29.5 Å². The first kappa shape index (κ1) is 20.8. The second-order valence-electron chi connectivity index (χ2n) is 8.26. The number of nitrogens with one attached hydrogen (secondary N) is 1.